The van der Waals surface area contributed by atoms with Crippen molar-refractivity contribution < 1.29 is 51.6 Å². The van der Waals surface area contributed by atoms with Crippen molar-refractivity contribution in [2.24, 2.45) is 0 Å². The molecule has 17 heteroatoms. The Bertz CT molecular complexity index is 2360. The highest BCUT2D eigenvalue weighted by atomic mass is 79.9. The standard InChI is InChI=1S/C40H42BrF2N5O9/c1-21-15-31(54-33-25(42)13-12-14-26(33)43)44-20-29(21)48-34(47(36(51)56-39(5,6)7)37(52)57-40(8,9)10)23(19-45-48)32(49)28-16-22-17-30(53-11)24(41)18-27(22)46(28)35(50)55-38(2,3)4/h12-20H,1-11H3. The quantitative estimate of drug-likeness (QED) is 0.114. The fourth-order valence-corrected chi connectivity index (χ4v) is 5.91. The van der Waals surface area contributed by atoms with E-state index in [0.717, 1.165) is 27.6 Å². The number of ketones is 1. The number of carbonyl (C=O) groups excluding carboxylic acids is 4. The van der Waals surface area contributed by atoms with Crippen LogP contribution in [0.15, 0.2) is 59.3 Å². The summed E-state index contributed by atoms with van der Waals surface area (Å²) >= 11 is 3.44. The molecule has 0 unspecified atom stereocenters. The molecular formula is C40H42BrF2N5O9. The molecule has 14 nitrogen and oxygen atoms in total. The summed E-state index contributed by atoms with van der Waals surface area (Å²) in [5.74, 6) is -3.72. The van der Waals surface area contributed by atoms with Gasteiger partial charge in [-0.15, -0.1) is 0 Å². The first-order chi connectivity index (χ1) is 26.4. The molecule has 0 aliphatic carbocycles. The molecular weight excluding hydrogens is 812 g/mol. The minimum Gasteiger partial charge on any atom is -0.496 e. The van der Waals surface area contributed by atoms with Gasteiger partial charge in [0.05, 0.1) is 40.7 Å². The van der Waals surface area contributed by atoms with E-state index in [2.05, 4.69) is 26.0 Å². The topological polar surface area (TPSA) is 153 Å². The Morgan fingerprint density at radius 3 is 1.91 bits per heavy atom. The number of aromatic nitrogens is 4. The highest BCUT2D eigenvalue weighted by Crippen LogP contribution is 2.37. The average Bonchev–Trinajstić information content (AvgIpc) is 3.65. The maximum Gasteiger partial charge on any atom is 0.425 e. The number of methoxy groups -OCH3 is 1. The molecule has 0 N–H and O–H groups in total. The number of hydrogen-bond acceptors (Lipinski definition) is 11. The van der Waals surface area contributed by atoms with Crippen molar-refractivity contribution in [1.29, 1.82) is 0 Å². The molecule has 3 aromatic heterocycles. The number of aryl methyl sites for hydroxylation is 1. The van der Waals surface area contributed by atoms with E-state index in [1.165, 1.54) is 31.5 Å². The molecule has 0 saturated heterocycles. The van der Waals surface area contributed by atoms with Crippen LogP contribution < -0.4 is 14.4 Å². The predicted octanol–water partition coefficient (Wildman–Crippen LogP) is 10.1. The monoisotopic (exact) mass is 853 g/mol. The molecule has 2 amide bonds. The Balaban J connectivity index is 1.79. The third-order valence-corrected chi connectivity index (χ3v) is 8.27. The second-order valence-electron chi connectivity index (χ2n) is 15.8. The largest absolute Gasteiger partial charge is 0.496 e. The Kier molecular flexibility index (Phi) is 11.6. The Labute approximate surface area is 335 Å². The van der Waals surface area contributed by atoms with Gasteiger partial charge in [-0.3, -0.25) is 4.79 Å². The van der Waals surface area contributed by atoms with Crippen LogP contribution in [-0.4, -0.2) is 67.3 Å². The lowest BCUT2D eigenvalue weighted by Crippen LogP contribution is -2.45. The van der Waals surface area contributed by atoms with Crippen molar-refractivity contribution in [3.05, 3.63) is 87.8 Å². The Hall–Kier alpha value is -5.84. The number of fused-ring (bicyclic) bond motifs is 1. The van der Waals surface area contributed by atoms with Crippen LogP contribution in [0.1, 0.15) is 83.9 Å². The molecule has 0 aliphatic rings. The highest BCUT2D eigenvalue weighted by molar-refractivity contribution is 9.10. The third-order valence-electron chi connectivity index (χ3n) is 7.65. The van der Waals surface area contributed by atoms with E-state index in [4.69, 9.17) is 23.7 Å². The molecule has 57 heavy (non-hydrogen) atoms. The van der Waals surface area contributed by atoms with E-state index >= 15 is 0 Å². The van der Waals surface area contributed by atoms with Crippen LogP contribution in [0.4, 0.5) is 29.0 Å². The maximum atomic E-state index is 15.0. The number of hydrogen-bond donors (Lipinski definition) is 0. The van der Waals surface area contributed by atoms with Crippen molar-refractivity contribution in [2.45, 2.75) is 86.0 Å². The maximum absolute atomic E-state index is 15.0. The summed E-state index contributed by atoms with van der Waals surface area (Å²) < 4.78 is 59.4. The minimum absolute atomic E-state index is 0.101. The summed E-state index contributed by atoms with van der Waals surface area (Å²) in [5.41, 5.74) is -3.14. The van der Waals surface area contributed by atoms with Crippen molar-refractivity contribution in [3.63, 3.8) is 0 Å². The van der Waals surface area contributed by atoms with Gasteiger partial charge in [-0.2, -0.15) is 10.00 Å². The summed E-state index contributed by atoms with van der Waals surface area (Å²) in [6.07, 6.45) is -1.04. The van der Waals surface area contributed by atoms with Gasteiger partial charge in [-0.1, -0.05) is 6.07 Å². The van der Waals surface area contributed by atoms with Gasteiger partial charge in [0, 0.05) is 11.5 Å². The van der Waals surface area contributed by atoms with E-state index in [1.807, 2.05) is 0 Å². The molecule has 2 aromatic carbocycles. The number of imide groups is 1. The summed E-state index contributed by atoms with van der Waals surface area (Å²) in [4.78, 5) is 61.8. The fourth-order valence-electron chi connectivity index (χ4n) is 5.42. The second-order valence-corrected chi connectivity index (χ2v) is 16.6. The number of carbonyl (C=O) groups is 4. The summed E-state index contributed by atoms with van der Waals surface area (Å²) in [6.45, 7) is 16.1. The zero-order valence-corrected chi connectivity index (χ0v) is 34.8. The van der Waals surface area contributed by atoms with Gasteiger partial charge >= 0.3 is 18.3 Å². The Morgan fingerprint density at radius 1 is 0.807 bits per heavy atom. The fraction of sp³-hybridized carbons (Fsp3) is 0.350. The van der Waals surface area contributed by atoms with E-state index in [0.29, 0.717) is 26.1 Å². The summed E-state index contributed by atoms with van der Waals surface area (Å²) in [7, 11) is 1.46. The lowest BCUT2D eigenvalue weighted by molar-refractivity contribution is 0.0425. The number of amides is 2. The third kappa shape index (κ3) is 9.42. The number of rotatable bonds is 7. The lowest BCUT2D eigenvalue weighted by Gasteiger charge is -2.29. The minimum atomic E-state index is -1.23. The predicted molar refractivity (Wildman–Crippen MR) is 209 cm³/mol. The molecule has 0 saturated carbocycles. The van der Waals surface area contributed by atoms with Gasteiger partial charge in [0.1, 0.15) is 28.2 Å². The molecule has 5 rings (SSSR count). The first kappa shape index (κ1) is 42.3. The van der Waals surface area contributed by atoms with Crippen LogP contribution in [0, 0.1) is 18.6 Å². The molecule has 0 radical (unpaired) electrons. The molecule has 302 valence electrons. The number of anilines is 1. The zero-order chi connectivity index (χ0) is 42.4. The van der Waals surface area contributed by atoms with E-state index in [-0.39, 0.29) is 28.3 Å². The number of ether oxygens (including phenoxy) is 5. The molecule has 3 heterocycles. The van der Waals surface area contributed by atoms with Crippen LogP contribution in [-0.2, 0) is 14.2 Å². The normalized spacial score (nSPS) is 12.0. The van der Waals surface area contributed by atoms with E-state index in [1.54, 1.807) is 81.4 Å². The molecule has 0 spiro atoms. The van der Waals surface area contributed by atoms with Crippen LogP contribution in [0.25, 0.3) is 16.6 Å². The average molecular weight is 855 g/mol. The van der Waals surface area contributed by atoms with Gasteiger partial charge in [-0.05, 0) is 121 Å². The zero-order valence-electron chi connectivity index (χ0n) is 33.2. The molecule has 0 atom stereocenters. The number of halogens is 3. The second kappa shape index (κ2) is 15.6. The van der Waals surface area contributed by atoms with Crippen molar-refractivity contribution in [1.82, 2.24) is 19.3 Å². The number of benzene rings is 2. The Morgan fingerprint density at radius 2 is 1.39 bits per heavy atom. The van der Waals surface area contributed by atoms with E-state index in [9.17, 15) is 28.0 Å². The number of pyridine rings is 1. The SMILES string of the molecule is COc1cc2cc(C(=O)c3cnn(-c4cnc(Oc5c(F)cccc5F)cc4C)c3N(C(=O)OC(C)(C)C)C(=O)OC(C)(C)C)n(C(=O)OC(C)(C)C)c2cc1Br. The molecule has 0 bridgehead atoms. The molecule has 5 aromatic rings. The van der Waals surface area contributed by atoms with Crippen molar-refractivity contribution in [2.75, 3.05) is 12.0 Å². The van der Waals surface area contributed by atoms with Gasteiger partial charge < -0.3 is 23.7 Å². The van der Waals surface area contributed by atoms with Crippen molar-refractivity contribution >= 4 is 56.7 Å². The van der Waals surface area contributed by atoms with Crippen LogP contribution in [0.5, 0.6) is 17.4 Å². The van der Waals surface area contributed by atoms with Crippen LogP contribution >= 0.6 is 15.9 Å². The van der Waals surface area contributed by atoms with Crippen LogP contribution in [0.2, 0.25) is 0 Å². The highest BCUT2D eigenvalue weighted by Gasteiger charge is 2.40. The lowest BCUT2D eigenvalue weighted by atomic mass is 10.1. The van der Waals surface area contributed by atoms with Crippen molar-refractivity contribution in [3.8, 4) is 23.1 Å². The molecule has 0 aliphatic heterocycles. The van der Waals surface area contributed by atoms with Gasteiger partial charge in [0.25, 0.3) is 0 Å². The van der Waals surface area contributed by atoms with Gasteiger partial charge in [0.2, 0.25) is 17.4 Å². The van der Waals surface area contributed by atoms with Gasteiger partial charge in [-0.25, -0.2) is 37.4 Å². The summed E-state index contributed by atoms with van der Waals surface area (Å²) in [6, 6.07) is 9.19. The summed E-state index contributed by atoms with van der Waals surface area (Å²) in [5, 5.41) is 4.84. The first-order valence-electron chi connectivity index (χ1n) is 17.5. The van der Waals surface area contributed by atoms with Crippen LogP contribution in [0.3, 0.4) is 0 Å². The smallest absolute Gasteiger partial charge is 0.425 e. The van der Waals surface area contributed by atoms with Gasteiger partial charge in [0.15, 0.2) is 17.5 Å². The van der Waals surface area contributed by atoms with E-state index < -0.39 is 64.1 Å². The molecule has 0 fully saturated rings. The number of nitrogens with zero attached hydrogens (tertiary/aromatic N) is 5. The first-order valence-corrected chi connectivity index (χ1v) is 18.3. The number of para-hydroxylation sites is 1.